The van der Waals surface area contributed by atoms with Crippen LogP contribution in [-0.4, -0.2) is 50.6 Å². The Morgan fingerprint density at radius 3 is 2.82 bits per heavy atom. The fraction of sp³-hybridized carbons (Fsp3) is 0.333. The Kier molecular flexibility index (Phi) is 4.73. The van der Waals surface area contributed by atoms with Crippen molar-refractivity contribution in [2.24, 2.45) is 0 Å². The van der Waals surface area contributed by atoms with Crippen LogP contribution >= 0.6 is 11.6 Å². The molecule has 0 amide bonds. The summed E-state index contributed by atoms with van der Waals surface area (Å²) in [5.41, 5.74) is 1.49. The molecular weight excluding hydrogens is 390 g/mol. The Hall–Kier alpha value is -2.99. The van der Waals surface area contributed by atoms with Crippen LogP contribution in [0, 0.1) is 12.3 Å². The van der Waals surface area contributed by atoms with Crippen molar-refractivity contribution in [3.05, 3.63) is 34.9 Å². The topological polar surface area (TPSA) is 69.0 Å². The number of alkyl halides is 2. The molecule has 10 heteroatoms. The molecule has 144 valence electrons. The summed E-state index contributed by atoms with van der Waals surface area (Å²) < 4.78 is 34.3. The van der Waals surface area contributed by atoms with Gasteiger partial charge in [0, 0.05) is 18.0 Å². The average Bonchev–Trinajstić information content (AvgIpc) is 3.24. The summed E-state index contributed by atoms with van der Waals surface area (Å²) >= 11 is 6.23. The summed E-state index contributed by atoms with van der Waals surface area (Å²) in [7, 11) is 0. The lowest BCUT2D eigenvalue weighted by atomic mass is 10.2. The van der Waals surface area contributed by atoms with E-state index in [9.17, 15) is 8.78 Å². The standard InChI is InChI=1S/C18H15ClF2N6O/c1-2-9-28-17-22-15(26-8-7-18(20,21)11-26)14-16(23-17)27(25-24-14)10-12-5-3-4-6-13(12)19/h1,3-6H,7-11H2. The third-order valence-electron chi connectivity index (χ3n) is 4.36. The molecule has 1 aromatic carbocycles. The second kappa shape index (κ2) is 7.20. The normalized spacial score (nSPS) is 15.7. The Labute approximate surface area is 164 Å². The Balaban J connectivity index is 1.77. The molecular formula is C18H15ClF2N6O. The molecule has 0 bridgehead atoms. The van der Waals surface area contributed by atoms with Crippen LogP contribution in [-0.2, 0) is 6.54 Å². The molecule has 3 aromatic rings. The molecule has 0 atom stereocenters. The van der Waals surface area contributed by atoms with Gasteiger partial charge in [-0.05, 0) is 11.6 Å². The Morgan fingerprint density at radius 1 is 1.29 bits per heavy atom. The first-order chi connectivity index (χ1) is 13.5. The molecule has 0 spiro atoms. The number of ether oxygens (including phenoxy) is 1. The summed E-state index contributed by atoms with van der Waals surface area (Å²) in [6.07, 6.45) is 4.97. The lowest BCUT2D eigenvalue weighted by Crippen LogP contribution is -2.26. The molecule has 1 saturated heterocycles. The zero-order valence-electron chi connectivity index (χ0n) is 14.6. The molecule has 1 aliphatic heterocycles. The number of benzene rings is 1. The van der Waals surface area contributed by atoms with Crippen molar-refractivity contribution in [3.63, 3.8) is 0 Å². The van der Waals surface area contributed by atoms with Crippen molar-refractivity contribution in [1.82, 2.24) is 25.0 Å². The smallest absolute Gasteiger partial charge is 0.321 e. The lowest BCUT2D eigenvalue weighted by Gasteiger charge is -2.17. The molecule has 2 aromatic heterocycles. The van der Waals surface area contributed by atoms with E-state index in [1.807, 2.05) is 18.2 Å². The van der Waals surface area contributed by atoms with Crippen LogP contribution in [0.15, 0.2) is 24.3 Å². The third kappa shape index (κ3) is 3.55. The van der Waals surface area contributed by atoms with Gasteiger partial charge >= 0.3 is 6.01 Å². The van der Waals surface area contributed by atoms with Gasteiger partial charge in [-0.3, -0.25) is 0 Å². The lowest BCUT2D eigenvalue weighted by molar-refractivity contribution is 0.0257. The maximum absolute atomic E-state index is 13.7. The van der Waals surface area contributed by atoms with E-state index in [0.29, 0.717) is 22.7 Å². The van der Waals surface area contributed by atoms with E-state index in [1.165, 1.54) is 9.58 Å². The molecule has 0 unspecified atom stereocenters. The van der Waals surface area contributed by atoms with Crippen molar-refractivity contribution in [1.29, 1.82) is 0 Å². The number of halogens is 3. The van der Waals surface area contributed by atoms with E-state index in [2.05, 4.69) is 26.2 Å². The minimum atomic E-state index is -2.79. The largest absolute Gasteiger partial charge is 0.450 e. The van der Waals surface area contributed by atoms with E-state index in [1.54, 1.807) is 6.07 Å². The number of aromatic nitrogens is 5. The van der Waals surface area contributed by atoms with Crippen molar-refractivity contribution in [3.8, 4) is 18.4 Å². The monoisotopic (exact) mass is 404 g/mol. The molecule has 4 rings (SSSR count). The molecule has 1 aliphatic rings. The minimum absolute atomic E-state index is 0.0154. The van der Waals surface area contributed by atoms with Gasteiger partial charge in [-0.15, -0.1) is 11.5 Å². The second-order valence-corrected chi connectivity index (χ2v) is 6.77. The predicted molar refractivity (Wildman–Crippen MR) is 99.8 cm³/mol. The summed E-state index contributed by atoms with van der Waals surface area (Å²) in [6, 6.07) is 7.29. The highest BCUT2D eigenvalue weighted by atomic mass is 35.5. The van der Waals surface area contributed by atoms with Gasteiger partial charge in [0.1, 0.15) is 0 Å². The highest BCUT2D eigenvalue weighted by Gasteiger charge is 2.40. The number of hydrogen-bond donors (Lipinski definition) is 0. The number of anilines is 1. The molecule has 0 N–H and O–H groups in total. The first-order valence-corrected chi connectivity index (χ1v) is 8.88. The van der Waals surface area contributed by atoms with E-state index >= 15 is 0 Å². The third-order valence-corrected chi connectivity index (χ3v) is 4.72. The van der Waals surface area contributed by atoms with E-state index in [4.69, 9.17) is 22.8 Å². The van der Waals surface area contributed by atoms with Gasteiger partial charge in [0.25, 0.3) is 5.92 Å². The molecule has 0 radical (unpaired) electrons. The SMILES string of the molecule is C#CCOc1nc(N2CCC(F)(F)C2)c2nnn(Cc3ccccc3Cl)c2n1. The summed E-state index contributed by atoms with van der Waals surface area (Å²) in [5, 5.41) is 8.81. The zero-order chi connectivity index (χ0) is 19.7. The molecule has 0 aliphatic carbocycles. The van der Waals surface area contributed by atoms with Gasteiger partial charge in [0.15, 0.2) is 23.6 Å². The minimum Gasteiger partial charge on any atom is -0.450 e. The van der Waals surface area contributed by atoms with Gasteiger partial charge in [-0.2, -0.15) is 9.97 Å². The van der Waals surface area contributed by atoms with Gasteiger partial charge in [-0.25, -0.2) is 13.5 Å². The quantitative estimate of drug-likeness (QED) is 0.609. The van der Waals surface area contributed by atoms with E-state index in [-0.39, 0.29) is 31.4 Å². The number of hydrogen-bond acceptors (Lipinski definition) is 6. The van der Waals surface area contributed by atoms with Crippen LogP contribution in [0.25, 0.3) is 11.2 Å². The highest BCUT2D eigenvalue weighted by molar-refractivity contribution is 6.31. The molecule has 28 heavy (non-hydrogen) atoms. The fourth-order valence-electron chi connectivity index (χ4n) is 3.02. The zero-order valence-corrected chi connectivity index (χ0v) is 15.4. The van der Waals surface area contributed by atoms with Crippen LogP contribution < -0.4 is 9.64 Å². The highest BCUT2D eigenvalue weighted by Crippen LogP contribution is 2.33. The van der Waals surface area contributed by atoms with Crippen LogP contribution in [0.5, 0.6) is 6.01 Å². The molecule has 3 heterocycles. The Bertz CT molecular complexity index is 1060. The summed E-state index contributed by atoms with van der Waals surface area (Å²) in [4.78, 5) is 10.0. The average molecular weight is 405 g/mol. The summed E-state index contributed by atoms with van der Waals surface area (Å²) in [5.74, 6) is -0.207. The first kappa shape index (κ1) is 18.4. The molecule has 7 nitrogen and oxygen atoms in total. The van der Waals surface area contributed by atoms with Gasteiger partial charge in [0.2, 0.25) is 0 Å². The van der Waals surface area contributed by atoms with Crippen LogP contribution in [0.1, 0.15) is 12.0 Å². The van der Waals surface area contributed by atoms with Crippen molar-refractivity contribution in [2.75, 3.05) is 24.6 Å². The number of fused-ring (bicyclic) bond motifs is 1. The maximum Gasteiger partial charge on any atom is 0.321 e. The van der Waals surface area contributed by atoms with Gasteiger partial charge < -0.3 is 9.64 Å². The van der Waals surface area contributed by atoms with Crippen molar-refractivity contribution < 1.29 is 13.5 Å². The summed E-state index contributed by atoms with van der Waals surface area (Å²) in [6.45, 7) is -0.0549. The fourth-order valence-corrected chi connectivity index (χ4v) is 3.22. The van der Waals surface area contributed by atoms with Gasteiger partial charge in [-0.1, -0.05) is 40.9 Å². The molecule has 0 saturated carbocycles. The number of terminal acetylenes is 1. The van der Waals surface area contributed by atoms with E-state index in [0.717, 1.165) is 5.56 Å². The van der Waals surface area contributed by atoms with Crippen molar-refractivity contribution >= 4 is 28.6 Å². The first-order valence-electron chi connectivity index (χ1n) is 8.50. The van der Waals surface area contributed by atoms with Gasteiger partial charge in [0.05, 0.1) is 13.1 Å². The van der Waals surface area contributed by atoms with Crippen LogP contribution in [0.4, 0.5) is 14.6 Å². The van der Waals surface area contributed by atoms with Crippen molar-refractivity contribution in [2.45, 2.75) is 18.9 Å². The van der Waals surface area contributed by atoms with Crippen LogP contribution in [0.3, 0.4) is 0 Å². The number of rotatable bonds is 5. The van der Waals surface area contributed by atoms with Crippen LogP contribution in [0.2, 0.25) is 5.02 Å². The Morgan fingerprint density at radius 2 is 2.11 bits per heavy atom. The van der Waals surface area contributed by atoms with E-state index < -0.39 is 12.5 Å². The maximum atomic E-state index is 13.7. The predicted octanol–water partition coefficient (Wildman–Crippen LogP) is 2.78. The second-order valence-electron chi connectivity index (χ2n) is 6.36. The number of nitrogens with zero attached hydrogens (tertiary/aromatic N) is 6. The molecule has 1 fully saturated rings.